The van der Waals surface area contributed by atoms with Crippen LogP contribution in [0.15, 0.2) is 18.2 Å². The van der Waals surface area contributed by atoms with Gasteiger partial charge in [-0.05, 0) is 56.3 Å². The van der Waals surface area contributed by atoms with Gasteiger partial charge in [0, 0.05) is 19.8 Å². The fraction of sp³-hybridized carbons (Fsp3) is 0.625. The van der Waals surface area contributed by atoms with Crippen molar-refractivity contribution in [3.63, 3.8) is 0 Å². The lowest BCUT2D eigenvalue weighted by molar-refractivity contribution is 0.184. The Bertz CT molecular complexity index is 392. The zero-order valence-electron chi connectivity index (χ0n) is 12.1. The van der Waals surface area contributed by atoms with E-state index in [1.807, 2.05) is 7.05 Å². The Morgan fingerprint density at radius 3 is 2.89 bits per heavy atom. The van der Waals surface area contributed by atoms with Crippen molar-refractivity contribution in [3.05, 3.63) is 29.3 Å². The molecule has 1 unspecified atom stereocenters. The average molecular weight is 263 g/mol. The van der Waals surface area contributed by atoms with E-state index in [4.69, 9.17) is 9.47 Å². The second-order valence-electron chi connectivity index (χ2n) is 5.11. The minimum absolute atomic E-state index is 0.487. The SMILES string of the molecule is CNC1CCCc2c(OCCCCOC)cccc21. The zero-order chi connectivity index (χ0) is 13.5. The van der Waals surface area contributed by atoms with Crippen LogP contribution < -0.4 is 10.1 Å². The Labute approximate surface area is 116 Å². The second kappa shape index (κ2) is 7.51. The van der Waals surface area contributed by atoms with Gasteiger partial charge in [0.2, 0.25) is 0 Å². The molecular weight excluding hydrogens is 238 g/mol. The first-order chi connectivity index (χ1) is 9.36. The monoisotopic (exact) mass is 263 g/mol. The van der Waals surface area contributed by atoms with Gasteiger partial charge in [0.15, 0.2) is 0 Å². The molecule has 0 bridgehead atoms. The van der Waals surface area contributed by atoms with Crippen molar-refractivity contribution < 1.29 is 9.47 Å². The molecule has 3 nitrogen and oxygen atoms in total. The molecule has 1 N–H and O–H groups in total. The molecule has 0 saturated heterocycles. The van der Waals surface area contributed by atoms with Crippen LogP contribution in [0.1, 0.15) is 42.9 Å². The quantitative estimate of drug-likeness (QED) is 0.767. The number of ether oxygens (including phenoxy) is 2. The zero-order valence-corrected chi connectivity index (χ0v) is 12.1. The van der Waals surface area contributed by atoms with Crippen molar-refractivity contribution >= 4 is 0 Å². The van der Waals surface area contributed by atoms with Crippen molar-refractivity contribution in [3.8, 4) is 5.75 Å². The standard InChI is InChI=1S/C16H25NO2/c1-17-15-9-5-8-14-13(15)7-6-10-16(14)19-12-4-3-11-18-2/h6-7,10,15,17H,3-5,8-9,11-12H2,1-2H3. The second-order valence-corrected chi connectivity index (χ2v) is 5.11. The van der Waals surface area contributed by atoms with Gasteiger partial charge in [-0.15, -0.1) is 0 Å². The Kier molecular flexibility index (Phi) is 5.67. The van der Waals surface area contributed by atoms with Crippen LogP contribution in [0.2, 0.25) is 0 Å². The highest BCUT2D eigenvalue weighted by atomic mass is 16.5. The van der Waals surface area contributed by atoms with Crippen LogP contribution in [-0.2, 0) is 11.2 Å². The number of unbranched alkanes of at least 4 members (excludes halogenated alkanes) is 1. The first kappa shape index (κ1) is 14.4. The Morgan fingerprint density at radius 1 is 1.26 bits per heavy atom. The lowest BCUT2D eigenvalue weighted by Gasteiger charge is -2.26. The summed E-state index contributed by atoms with van der Waals surface area (Å²) in [5, 5.41) is 3.40. The molecule has 2 rings (SSSR count). The summed E-state index contributed by atoms with van der Waals surface area (Å²) in [6.45, 7) is 1.60. The number of benzene rings is 1. The van der Waals surface area contributed by atoms with Gasteiger partial charge in [-0.1, -0.05) is 12.1 Å². The third kappa shape index (κ3) is 3.71. The van der Waals surface area contributed by atoms with E-state index in [1.165, 1.54) is 24.0 Å². The number of hydrogen-bond donors (Lipinski definition) is 1. The summed E-state index contributed by atoms with van der Waals surface area (Å²) in [7, 11) is 3.78. The number of nitrogens with one attached hydrogen (secondary N) is 1. The van der Waals surface area contributed by atoms with Crippen molar-refractivity contribution in [1.82, 2.24) is 5.32 Å². The highest BCUT2D eigenvalue weighted by Crippen LogP contribution is 2.35. The number of rotatable bonds is 7. The Morgan fingerprint density at radius 2 is 2.11 bits per heavy atom. The highest BCUT2D eigenvalue weighted by Gasteiger charge is 2.21. The fourth-order valence-electron chi connectivity index (χ4n) is 2.78. The van der Waals surface area contributed by atoms with Crippen molar-refractivity contribution in [2.75, 3.05) is 27.4 Å². The van der Waals surface area contributed by atoms with Gasteiger partial charge in [-0.2, -0.15) is 0 Å². The normalized spacial score (nSPS) is 18.1. The maximum atomic E-state index is 5.96. The van der Waals surface area contributed by atoms with E-state index in [0.29, 0.717) is 6.04 Å². The summed E-state index contributed by atoms with van der Waals surface area (Å²) in [5.41, 5.74) is 2.82. The van der Waals surface area contributed by atoms with E-state index in [2.05, 4.69) is 23.5 Å². The average Bonchev–Trinajstić information content (AvgIpc) is 2.46. The van der Waals surface area contributed by atoms with E-state index < -0.39 is 0 Å². The molecule has 0 saturated carbocycles. The highest BCUT2D eigenvalue weighted by molar-refractivity contribution is 5.43. The van der Waals surface area contributed by atoms with Crippen LogP contribution in [0.25, 0.3) is 0 Å². The molecule has 0 heterocycles. The maximum absolute atomic E-state index is 5.96. The molecule has 0 radical (unpaired) electrons. The van der Waals surface area contributed by atoms with Crippen LogP contribution in [-0.4, -0.2) is 27.4 Å². The minimum Gasteiger partial charge on any atom is -0.493 e. The summed E-state index contributed by atoms with van der Waals surface area (Å²) < 4.78 is 11.0. The maximum Gasteiger partial charge on any atom is 0.122 e. The predicted molar refractivity (Wildman–Crippen MR) is 77.8 cm³/mol. The summed E-state index contributed by atoms with van der Waals surface area (Å²) in [6, 6.07) is 6.93. The number of hydrogen-bond acceptors (Lipinski definition) is 3. The minimum atomic E-state index is 0.487. The van der Waals surface area contributed by atoms with Crippen LogP contribution in [0.4, 0.5) is 0 Å². The van der Waals surface area contributed by atoms with Gasteiger partial charge in [0.05, 0.1) is 6.61 Å². The molecule has 0 aliphatic heterocycles. The van der Waals surface area contributed by atoms with Crippen LogP contribution in [0.3, 0.4) is 0 Å². The molecule has 1 aliphatic carbocycles. The number of fused-ring (bicyclic) bond motifs is 1. The molecule has 0 amide bonds. The summed E-state index contributed by atoms with van der Waals surface area (Å²) >= 11 is 0. The summed E-state index contributed by atoms with van der Waals surface area (Å²) in [5.74, 6) is 1.08. The molecule has 0 spiro atoms. The Hall–Kier alpha value is -1.06. The van der Waals surface area contributed by atoms with Gasteiger partial charge < -0.3 is 14.8 Å². The predicted octanol–water partition coefficient (Wildman–Crippen LogP) is 3.09. The van der Waals surface area contributed by atoms with Gasteiger partial charge >= 0.3 is 0 Å². The molecule has 0 fully saturated rings. The van der Waals surface area contributed by atoms with Crippen molar-refractivity contribution in [2.45, 2.75) is 38.1 Å². The molecule has 1 aromatic carbocycles. The topological polar surface area (TPSA) is 30.5 Å². The van der Waals surface area contributed by atoms with Gasteiger partial charge in [-0.25, -0.2) is 0 Å². The largest absolute Gasteiger partial charge is 0.493 e. The van der Waals surface area contributed by atoms with Gasteiger partial charge in [0.1, 0.15) is 5.75 Å². The number of methoxy groups -OCH3 is 1. The molecule has 106 valence electrons. The first-order valence-corrected chi connectivity index (χ1v) is 7.27. The molecule has 1 atom stereocenters. The van der Waals surface area contributed by atoms with Crippen molar-refractivity contribution in [2.24, 2.45) is 0 Å². The molecule has 3 heteroatoms. The van der Waals surface area contributed by atoms with Crippen LogP contribution in [0.5, 0.6) is 5.75 Å². The summed E-state index contributed by atoms with van der Waals surface area (Å²) in [6.07, 6.45) is 5.71. The molecule has 1 aromatic rings. The summed E-state index contributed by atoms with van der Waals surface area (Å²) in [4.78, 5) is 0. The fourth-order valence-corrected chi connectivity index (χ4v) is 2.78. The molecular formula is C16H25NO2. The smallest absolute Gasteiger partial charge is 0.122 e. The van der Waals surface area contributed by atoms with E-state index in [0.717, 1.165) is 38.2 Å². The molecule has 19 heavy (non-hydrogen) atoms. The van der Waals surface area contributed by atoms with E-state index in [1.54, 1.807) is 7.11 Å². The molecule has 0 aromatic heterocycles. The lowest BCUT2D eigenvalue weighted by atomic mass is 9.87. The van der Waals surface area contributed by atoms with Crippen LogP contribution >= 0.6 is 0 Å². The third-order valence-electron chi connectivity index (χ3n) is 3.81. The molecule has 1 aliphatic rings. The van der Waals surface area contributed by atoms with Crippen molar-refractivity contribution in [1.29, 1.82) is 0 Å². The Balaban J connectivity index is 1.97. The third-order valence-corrected chi connectivity index (χ3v) is 3.81. The lowest BCUT2D eigenvalue weighted by Crippen LogP contribution is -2.22. The van der Waals surface area contributed by atoms with Gasteiger partial charge in [-0.3, -0.25) is 0 Å². The van der Waals surface area contributed by atoms with E-state index in [9.17, 15) is 0 Å². The van der Waals surface area contributed by atoms with Gasteiger partial charge in [0.25, 0.3) is 0 Å². The first-order valence-electron chi connectivity index (χ1n) is 7.27. The van der Waals surface area contributed by atoms with E-state index in [-0.39, 0.29) is 0 Å². The van der Waals surface area contributed by atoms with Crippen LogP contribution in [0, 0.1) is 0 Å². The van der Waals surface area contributed by atoms with E-state index >= 15 is 0 Å².